The maximum atomic E-state index is 11.8. The van der Waals surface area contributed by atoms with Crippen molar-refractivity contribution in [3.8, 4) is 0 Å². The topological polar surface area (TPSA) is 41.6 Å². The van der Waals surface area contributed by atoms with Gasteiger partial charge in [0.1, 0.15) is 0 Å². The van der Waals surface area contributed by atoms with Crippen molar-refractivity contribution in [2.24, 2.45) is 0 Å². The Hall–Kier alpha value is -1.76. The fourth-order valence-electron chi connectivity index (χ4n) is 1.36. The minimum atomic E-state index is -4.52. The van der Waals surface area contributed by atoms with Crippen LogP contribution in [-0.2, 0) is 11.3 Å². The molecule has 0 unspecified atom stereocenters. The van der Waals surface area contributed by atoms with E-state index in [0.717, 1.165) is 12.1 Å². The molecule has 0 heterocycles. The van der Waals surface area contributed by atoms with Crippen molar-refractivity contribution in [3.63, 3.8) is 0 Å². The van der Waals surface area contributed by atoms with Crippen LogP contribution in [0, 0.1) is 0 Å². The summed E-state index contributed by atoms with van der Waals surface area (Å²) in [5.41, 5.74) is 1.41. The highest BCUT2D eigenvalue weighted by Gasteiger charge is 2.29. The third kappa shape index (κ3) is 6.66. The predicted molar refractivity (Wildman–Crippen MR) is 64.9 cm³/mol. The van der Waals surface area contributed by atoms with Gasteiger partial charge in [-0.3, -0.25) is 5.32 Å². The first-order chi connectivity index (χ1) is 8.76. The Bertz CT molecular complexity index is 416. The van der Waals surface area contributed by atoms with E-state index in [0.29, 0.717) is 5.69 Å². The van der Waals surface area contributed by atoms with E-state index in [1.165, 1.54) is 0 Å². The molecule has 0 atom stereocenters. The summed E-state index contributed by atoms with van der Waals surface area (Å²) in [5, 5.41) is 2.22. The Labute approximate surface area is 109 Å². The average Bonchev–Trinajstić information content (AvgIpc) is 2.28. The molecule has 1 N–H and O–H groups in total. The molecule has 0 saturated carbocycles. The van der Waals surface area contributed by atoms with E-state index in [9.17, 15) is 18.0 Å². The average molecular weight is 276 g/mol. The number of carbonyl (C=O) groups excluding carboxylic acids is 1. The molecule has 4 nitrogen and oxygen atoms in total. The summed E-state index contributed by atoms with van der Waals surface area (Å²) < 4.78 is 39.5. The monoisotopic (exact) mass is 276 g/mol. The van der Waals surface area contributed by atoms with Crippen LogP contribution in [0.1, 0.15) is 5.56 Å². The smallest absolute Gasteiger partial charge is 0.422 e. The molecule has 1 amide bonds. The highest BCUT2D eigenvalue weighted by atomic mass is 19.4. The van der Waals surface area contributed by atoms with E-state index in [4.69, 9.17) is 0 Å². The molecule has 0 saturated heterocycles. The maximum absolute atomic E-state index is 11.8. The summed E-state index contributed by atoms with van der Waals surface area (Å²) in [4.78, 5) is 13.1. The van der Waals surface area contributed by atoms with Crippen LogP contribution in [-0.4, -0.2) is 37.9 Å². The van der Waals surface area contributed by atoms with Crippen LogP contribution in [0.2, 0.25) is 0 Å². The van der Waals surface area contributed by atoms with Crippen LogP contribution in [0.3, 0.4) is 0 Å². The predicted octanol–water partition coefficient (Wildman–Crippen LogP) is 2.86. The molecule has 7 heteroatoms. The van der Waals surface area contributed by atoms with E-state index in [2.05, 4.69) is 10.1 Å². The molecular formula is C12H15F3N2O2. The number of halogens is 3. The lowest BCUT2D eigenvalue weighted by atomic mass is 10.2. The SMILES string of the molecule is CN(C)Cc1ccc(NC(=O)OCC(F)(F)F)cc1. The quantitative estimate of drug-likeness (QED) is 0.919. The summed E-state index contributed by atoms with van der Waals surface area (Å²) >= 11 is 0. The third-order valence-corrected chi connectivity index (χ3v) is 2.07. The van der Waals surface area contributed by atoms with Crippen LogP contribution < -0.4 is 5.32 Å². The van der Waals surface area contributed by atoms with Crippen molar-refractivity contribution >= 4 is 11.8 Å². The van der Waals surface area contributed by atoms with Crippen molar-refractivity contribution in [1.82, 2.24) is 4.90 Å². The fourth-order valence-corrected chi connectivity index (χ4v) is 1.36. The second-order valence-corrected chi connectivity index (χ2v) is 4.25. The lowest BCUT2D eigenvalue weighted by Crippen LogP contribution is -2.23. The van der Waals surface area contributed by atoms with Crippen molar-refractivity contribution in [3.05, 3.63) is 29.8 Å². The summed E-state index contributed by atoms with van der Waals surface area (Å²) in [5.74, 6) is 0. The number of rotatable bonds is 4. The zero-order chi connectivity index (χ0) is 14.5. The van der Waals surface area contributed by atoms with Crippen LogP contribution in [0.25, 0.3) is 0 Å². The van der Waals surface area contributed by atoms with Gasteiger partial charge in [0.05, 0.1) is 0 Å². The molecule has 1 aromatic rings. The number of amides is 1. The van der Waals surface area contributed by atoms with Gasteiger partial charge < -0.3 is 9.64 Å². The normalized spacial score (nSPS) is 11.5. The minimum Gasteiger partial charge on any atom is -0.440 e. The Morgan fingerprint density at radius 1 is 1.26 bits per heavy atom. The number of benzene rings is 1. The first kappa shape index (κ1) is 15.3. The standard InChI is InChI=1S/C12H15F3N2O2/c1-17(2)7-9-3-5-10(6-4-9)16-11(18)19-8-12(13,14)15/h3-6H,7-8H2,1-2H3,(H,16,18). The molecule has 1 rings (SSSR count). The van der Waals surface area contributed by atoms with E-state index >= 15 is 0 Å². The minimum absolute atomic E-state index is 0.384. The van der Waals surface area contributed by atoms with Crippen molar-refractivity contribution < 1.29 is 22.7 Å². The maximum Gasteiger partial charge on any atom is 0.422 e. The van der Waals surface area contributed by atoms with Gasteiger partial charge in [0.15, 0.2) is 6.61 Å². The highest BCUT2D eigenvalue weighted by molar-refractivity contribution is 5.84. The summed E-state index contributed by atoms with van der Waals surface area (Å²) in [7, 11) is 3.83. The highest BCUT2D eigenvalue weighted by Crippen LogP contribution is 2.15. The van der Waals surface area contributed by atoms with Gasteiger partial charge in [-0.25, -0.2) is 4.79 Å². The van der Waals surface area contributed by atoms with Crippen LogP contribution in [0.15, 0.2) is 24.3 Å². The molecule has 19 heavy (non-hydrogen) atoms. The third-order valence-electron chi connectivity index (χ3n) is 2.07. The summed E-state index contributed by atoms with van der Waals surface area (Å²) in [6, 6.07) is 6.76. The molecule has 1 aromatic carbocycles. The van der Waals surface area contributed by atoms with E-state index in [1.54, 1.807) is 24.3 Å². The number of nitrogens with one attached hydrogen (secondary N) is 1. The van der Waals surface area contributed by atoms with Gasteiger partial charge in [-0.1, -0.05) is 12.1 Å². The molecule has 0 aliphatic rings. The molecule has 0 aromatic heterocycles. The second-order valence-electron chi connectivity index (χ2n) is 4.25. The van der Waals surface area contributed by atoms with E-state index in [1.807, 2.05) is 19.0 Å². The summed E-state index contributed by atoms with van der Waals surface area (Å²) in [6.45, 7) is -0.865. The largest absolute Gasteiger partial charge is 0.440 e. The van der Waals surface area contributed by atoms with Gasteiger partial charge >= 0.3 is 12.3 Å². The second kappa shape index (κ2) is 6.42. The number of ether oxygens (including phenoxy) is 1. The number of carbonyl (C=O) groups is 1. The molecule has 0 spiro atoms. The molecule has 0 radical (unpaired) electrons. The molecule has 0 aliphatic carbocycles. The van der Waals surface area contributed by atoms with Crippen LogP contribution in [0.5, 0.6) is 0 Å². The van der Waals surface area contributed by atoms with Gasteiger partial charge in [-0.05, 0) is 31.8 Å². The van der Waals surface area contributed by atoms with Crippen molar-refractivity contribution in [2.45, 2.75) is 12.7 Å². The first-order valence-corrected chi connectivity index (χ1v) is 5.50. The molecule has 106 valence electrons. The number of alkyl halides is 3. The Morgan fingerprint density at radius 2 is 1.84 bits per heavy atom. The number of anilines is 1. The zero-order valence-electron chi connectivity index (χ0n) is 10.6. The van der Waals surface area contributed by atoms with Crippen LogP contribution in [0.4, 0.5) is 23.7 Å². The van der Waals surface area contributed by atoms with E-state index < -0.39 is 18.9 Å². The lowest BCUT2D eigenvalue weighted by molar-refractivity contribution is -0.159. The van der Waals surface area contributed by atoms with Crippen molar-refractivity contribution in [2.75, 3.05) is 26.0 Å². The first-order valence-electron chi connectivity index (χ1n) is 5.50. The van der Waals surface area contributed by atoms with Gasteiger partial charge in [0, 0.05) is 12.2 Å². The number of nitrogens with zero attached hydrogens (tertiary/aromatic N) is 1. The lowest BCUT2D eigenvalue weighted by Gasteiger charge is -2.11. The van der Waals surface area contributed by atoms with Crippen LogP contribution >= 0.6 is 0 Å². The Morgan fingerprint density at radius 3 is 2.32 bits per heavy atom. The number of hydrogen-bond donors (Lipinski definition) is 1. The van der Waals surface area contributed by atoms with Gasteiger partial charge in [-0.15, -0.1) is 0 Å². The van der Waals surface area contributed by atoms with Gasteiger partial charge in [0.25, 0.3) is 0 Å². The Kier molecular flexibility index (Phi) is 5.17. The van der Waals surface area contributed by atoms with Gasteiger partial charge in [0.2, 0.25) is 0 Å². The number of hydrogen-bond acceptors (Lipinski definition) is 3. The van der Waals surface area contributed by atoms with Gasteiger partial charge in [-0.2, -0.15) is 13.2 Å². The molecule has 0 bridgehead atoms. The fraction of sp³-hybridized carbons (Fsp3) is 0.417. The Balaban J connectivity index is 2.47. The molecule has 0 fully saturated rings. The van der Waals surface area contributed by atoms with Crippen molar-refractivity contribution in [1.29, 1.82) is 0 Å². The summed E-state index contributed by atoms with van der Waals surface area (Å²) in [6.07, 6.45) is -5.65. The molecular weight excluding hydrogens is 261 g/mol. The van der Waals surface area contributed by atoms with E-state index in [-0.39, 0.29) is 0 Å². The molecule has 0 aliphatic heterocycles. The zero-order valence-corrected chi connectivity index (χ0v) is 10.6.